The van der Waals surface area contributed by atoms with Crippen LogP contribution in [0.15, 0.2) is 17.8 Å². The van der Waals surface area contributed by atoms with E-state index in [2.05, 4.69) is 30.4 Å². The summed E-state index contributed by atoms with van der Waals surface area (Å²) in [5, 5.41) is 0. The molecule has 0 aromatic carbocycles. The van der Waals surface area contributed by atoms with Crippen molar-refractivity contribution in [3.05, 3.63) is 24.3 Å². The lowest BCUT2D eigenvalue weighted by atomic mass is 10.3. The van der Waals surface area contributed by atoms with Crippen molar-refractivity contribution in [2.24, 2.45) is 0 Å². The monoisotopic (exact) mass is 210 g/mol. The quantitative estimate of drug-likeness (QED) is 0.698. The predicted molar refractivity (Wildman–Crippen MR) is 64.6 cm³/mol. The van der Waals surface area contributed by atoms with Gasteiger partial charge < -0.3 is 0 Å². The molecule has 0 bridgehead atoms. The van der Waals surface area contributed by atoms with E-state index in [4.69, 9.17) is 0 Å². The number of thioether (sulfide) groups is 1. The topological polar surface area (TPSA) is 25.8 Å². The second-order valence-corrected chi connectivity index (χ2v) is 3.61. The Bertz CT molecular complexity index is 285. The molecule has 0 radical (unpaired) electrons. The maximum absolute atomic E-state index is 4.08. The van der Waals surface area contributed by atoms with Crippen molar-refractivity contribution in [1.82, 2.24) is 9.97 Å². The number of aryl methyl sites for hydroxylation is 1. The van der Waals surface area contributed by atoms with Gasteiger partial charge in [-0.3, -0.25) is 0 Å². The first kappa shape index (κ1) is 13.2. The minimum Gasteiger partial charge on any atom is -0.240 e. The first-order valence-electron chi connectivity index (χ1n) is 4.69. The van der Waals surface area contributed by atoms with Crippen LogP contribution in [0.1, 0.15) is 31.7 Å². The summed E-state index contributed by atoms with van der Waals surface area (Å²) in [6.45, 7) is 9.90. The molecule has 0 spiro atoms. The van der Waals surface area contributed by atoms with Gasteiger partial charge in [0, 0.05) is 0 Å². The van der Waals surface area contributed by atoms with Gasteiger partial charge in [-0.05, 0) is 19.3 Å². The smallest absolute Gasteiger partial charge is 0.116 e. The molecule has 1 heterocycles. The molecule has 0 atom stereocenters. The lowest BCUT2D eigenvalue weighted by molar-refractivity contribution is 1.01. The Morgan fingerprint density at radius 2 is 2.00 bits per heavy atom. The third-order valence-electron chi connectivity index (χ3n) is 1.41. The summed E-state index contributed by atoms with van der Waals surface area (Å²) in [5.74, 6) is 0. The number of nitrogens with zero attached hydrogens (tertiary/aromatic N) is 2. The van der Waals surface area contributed by atoms with Crippen molar-refractivity contribution in [3.8, 4) is 0 Å². The second-order valence-electron chi connectivity index (χ2n) is 2.79. The molecule has 0 amide bonds. The van der Waals surface area contributed by atoms with Gasteiger partial charge >= 0.3 is 0 Å². The number of aromatic nitrogens is 2. The van der Waals surface area contributed by atoms with Gasteiger partial charge in [-0.15, -0.1) is 11.8 Å². The lowest BCUT2D eigenvalue weighted by Crippen LogP contribution is -1.91. The molecule has 0 saturated heterocycles. The summed E-state index contributed by atoms with van der Waals surface area (Å²) in [7, 11) is 0. The third-order valence-corrected chi connectivity index (χ3v) is 2.32. The summed E-state index contributed by atoms with van der Waals surface area (Å²) in [6, 6.07) is 0. The van der Waals surface area contributed by atoms with Crippen LogP contribution in [-0.2, 0) is 0 Å². The van der Waals surface area contributed by atoms with Crippen molar-refractivity contribution >= 4 is 17.8 Å². The van der Waals surface area contributed by atoms with Crippen molar-refractivity contribution in [2.75, 3.05) is 6.26 Å². The molecule has 0 N–H and O–H groups in total. The Balaban J connectivity index is 0.000000500. The van der Waals surface area contributed by atoms with Crippen LogP contribution in [0.25, 0.3) is 6.08 Å². The average molecular weight is 210 g/mol. The van der Waals surface area contributed by atoms with E-state index >= 15 is 0 Å². The Labute approximate surface area is 90.9 Å². The molecule has 0 fully saturated rings. The minimum atomic E-state index is 0.921. The molecule has 1 aromatic heterocycles. The Morgan fingerprint density at radius 3 is 2.36 bits per heavy atom. The van der Waals surface area contributed by atoms with E-state index in [1.54, 1.807) is 24.2 Å². The molecule has 3 heteroatoms. The number of hydrogen-bond acceptors (Lipinski definition) is 3. The molecule has 0 unspecified atom stereocenters. The summed E-state index contributed by atoms with van der Waals surface area (Å²) >= 11 is 1.65. The molecule has 78 valence electrons. The summed E-state index contributed by atoms with van der Waals surface area (Å²) in [4.78, 5) is 9.27. The maximum atomic E-state index is 4.08. The number of hydrogen-bond donors (Lipinski definition) is 0. The molecule has 0 aliphatic carbocycles. The van der Waals surface area contributed by atoms with Crippen molar-refractivity contribution in [2.45, 2.75) is 32.1 Å². The lowest BCUT2D eigenvalue weighted by Gasteiger charge is -2.02. The van der Waals surface area contributed by atoms with E-state index < -0.39 is 0 Å². The maximum Gasteiger partial charge on any atom is 0.116 e. The molecule has 1 rings (SSSR count). The molecule has 2 nitrogen and oxygen atoms in total. The minimum absolute atomic E-state index is 0.921. The van der Waals surface area contributed by atoms with E-state index in [1.807, 2.05) is 13.2 Å². The SMILES string of the molecule is C=Cc1ncnc(C)c1SC.CCC. The van der Waals surface area contributed by atoms with Crippen LogP contribution in [-0.4, -0.2) is 16.2 Å². The summed E-state index contributed by atoms with van der Waals surface area (Å²) < 4.78 is 0. The first-order valence-corrected chi connectivity index (χ1v) is 5.91. The highest BCUT2D eigenvalue weighted by atomic mass is 32.2. The van der Waals surface area contributed by atoms with Gasteiger partial charge in [0.15, 0.2) is 0 Å². The zero-order valence-electron chi connectivity index (χ0n) is 9.37. The van der Waals surface area contributed by atoms with Crippen LogP contribution < -0.4 is 0 Å². The zero-order chi connectivity index (χ0) is 11.0. The molecule has 0 saturated carbocycles. The van der Waals surface area contributed by atoms with Crippen molar-refractivity contribution in [1.29, 1.82) is 0 Å². The first-order chi connectivity index (χ1) is 6.71. The van der Waals surface area contributed by atoms with E-state index in [1.165, 1.54) is 6.42 Å². The summed E-state index contributed by atoms with van der Waals surface area (Å²) in [5.41, 5.74) is 1.94. The van der Waals surface area contributed by atoms with E-state index in [0.717, 1.165) is 16.3 Å². The highest BCUT2D eigenvalue weighted by molar-refractivity contribution is 7.98. The van der Waals surface area contributed by atoms with Crippen LogP contribution in [0.2, 0.25) is 0 Å². The fourth-order valence-electron chi connectivity index (χ4n) is 0.878. The molecule has 1 aromatic rings. The van der Waals surface area contributed by atoms with Crippen LogP contribution in [0, 0.1) is 6.92 Å². The van der Waals surface area contributed by atoms with Crippen LogP contribution in [0.5, 0.6) is 0 Å². The normalized spacial score (nSPS) is 8.86. The van der Waals surface area contributed by atoms with Gasteiger partial charge in [0.25, 0.3) is 0 Å². The van der Waals surface area contributed by atoms with Gasteiger partial charge in [0.05, 0.1) is 16.3 Å². The Kier molecular flexibility index (Phi) is 7.11. The van der Waals surface area contributed by atoms with Gasteiger partial charge in [-0.25, -0.2) is 9.97 Å². The summed E-state index contributed by atoms with van der Waals surface area (Å²) in [6.07, 6.45) is 6.57. The molecular weight excluding hydrogens is 192 g/mol. The predicted octanol–water partition coefficient (Wildman–Crippen LogP) is 3.57. The van der Waals surface area contributed by atoms with Gasteiger partial charge in [0.1, 0.15) is 6.33 Å². The van der Waals surface area contributed by atoms with Crippen molar-refractivity contribution in [3.63, 3.8) is 0 Å². The Hall–Kier alpha value is -0.830. The largest absolute Gasteiger partial charge is 0.240 e. The Morgan fingerprint density at radius 1 is 1.43 bits per heavy atom. The molecule has 0 aliphatic heterocycles. The molecule has 14 heavy (non-hydrogen) atoms. The highest BCUT2D eigenvalue weighted by Gasteiger charge is 2.02. The number of rotatable bonds is 2. The van der Waals surface area contributed by atoms with E-state index in [9.17, 15) is 0 Å². The van der Waals surface area contributed by atoms with Gasteiger partial charge in [-0.1, -0.05) is 26.8 Å². The van der Waals surface area contributed by atoms with Crippen molar-refractivity contribution < 1.29 is 0 Å². The van der Waals surface area contributed by atoms with E-state index in [-0.39, 0.29) is 0 Å². The average Bonchev–Trinajstić information content (AvgIpc) is 2.18. The zero-order valence-corrected chi connectivity index (χ0v) is 10.2. The van der Waals surface area contributed by atoms with E-state index in [0.29, 0.717) is 0 Å². The second kappa shape index (κ2) is 7.56. The van der Waals surface area contributed by atoms with Crippen LogP contribution in [0.3, 0.4) is 0 Å². The third kappa shape index (κ3) is 3.92. The molecule has 0 aliphatic rings. The fourth-order valence-corrected chi connectivity index (χ4v) is 1.57. The van der Waals surface area contributed by atoms with Gasteiger partial charge in [0.2, 0.25) is 0 Å². The van der Waals surface area contributed by atoms with Gasteiger partial charge in [-0.2, -0.15) is 0 Å². The fraction of sp³-hybridized carbons (Fsp3) is 0.455. The standard InChI is InChI=1S/C8H10N2S.C3H8/c1-4-7-8(11-3)6(2)9-5-10-7;1-3-2/h4-5H,1H2,2-3H3;3H2,1-2H3. The highest BCUT2D eigenvalue weighted by Crippen LogP contribution is 2.21. The van der Waals surface area contributed by atoms with Crippen LogP contribution >= 0.6 is 11.8 Å². The van der Waals surface area contributed by atoms with Crippen LogP contribution in [0.4, 0.5) is 0 Å². The molecular formula is C11H18N2S.